The summed E-state index contributed by atoms with van der Waals surface area (Å²) >= 11 is 3.27. The molecule has 0 aliphatic carbocycles. The van der Waals surface area contributed by atoms with E-state index in [4.69, 9.17) is 9.52 Å². The number of rotatable bonds is 3. The van der Waals surface area contributed by atoms with Gasteiger partial charge in [0.1, 0.15) is 5.76 Å². The second-order valence-electron chi connectivity index (χ2n) is 3.84. The third kappa shape index (κ3) is 2.53. The van der Waals surface area contributed by atoms with Gasteiger partial charge in [0, 0.05) is 22.3 Å². The van der Waals surface area contributed by atoms with Gasteiger partial charge in [-0.2, -0.15) is 0 Å². The molecular weight excluding hydrogens is 302 g/mol. The van der Waals surface area contributed by atoms with E-state index in [1.807, 2.05) is 0 Å². The van der Waals surface area contributed by atoms with Gasteiger partial charge in [0.2, 0.25) is 5.76 Å². The fourth-order valence-electron chi connectivity index (χ4n) is 1.63. The summed E-state index contributed by atoms with van der Waals surface area (Å²) < 4.78 is 7.41. The van der Waals surface area contributed by atoms with E-state index >= 15 is 0 Å². The highest BCUT2D eigenvalue weighted by Crippen LogP contribution is 2.15. The van der Waals surface area contributed by atoms with Crippen molar-refractivity contribution in [2.45, 2.75) is 13.5 Å². The summed E-state index contributed by atoms with van der Waals surface area (Å²) in [5.74, 6) is -0.765. The summed E-state index contributed by atoms with van der Waals surface area (Å²) in [5.41, 5.74) is 0.365. The smallest absolute Gasteiger partial charge is 0.372 e. The van der Waals surface area contributed by atoms with Crippen LogP contribution < -0.4 is 5.56 Å². The van der Waals surface area contributed by atoms with Crippen LogP contribution in [0.5, 0.6) is 0 Å². The molecule has 2 aromatic heterocycles. The Kier molecular flexibility index (Phi) is 3.38. The van der Waals surface area contributed by atoms with Crippen LogP contribution in [0.3, 0.4) is 0 Å². The van der Waals surface area contributed by atoms with E-state index in [-0.39, 0.29) is 17.9 Å². The van der Waals surface area contributed by atoms with Crippen molar-refractivity contribution >= 4 is 21.9 Å². The number of carbonyl (C=O) groups is 1. The number of nitrogens with zero attached hydrogens (tertiary/aromatic N) is 1. The molecule has 0 radical (unpaired) electrons. The average molecular weight is 312 g/mol. The van der Waals surface area contributed by atoms with E-state index in [0.29, 0.717) is 11.3 Å². The van der Waals surface area contributed by atoms with Crippen molar-refractivity contribution in [2.75, 3.05) is 0 Å². The molecule has 0 saturated carbocycles. The lowest BCUT2D eigenvalue weighted by atomic mass is 10.2. The van der Waals surface area contributed by atoms with Crippen LogP contribution in [-0.4, -0.2) is 15.6 Å². The first-order valence-electron chi connectivity index (χ1n) is 5.16. The molecule has 0 spiro atoms. The van der Waals surface area contributed by atoms with Gasteiger partial charge >= 0.3 is 5.97 Å². The molecule has 1 N–H and O–H groups in total. The van der Waals surface area contributed by atoms with Gasteiger partial charge in [-0.25, -0.2) is 4.79 Å². The van der Waals surface area contributed by atoms with Gasteiger partial charge in [0.15, 0.2) is 0 Å². The molecule has 0 bridgehead atoms. The Morgan fingerprint density at radius 3 is 2.83 bits per heavy atom. The minimum Gasteiger partial charge on any atom is -0.475 e. The normalized spacial score (nSPS) is 10.6. The molecule has 0 saturated heterocycles. The van der Waals surface area contributed by atoms with Crippen molar-refractivity contribution in [3.05, 3.63) is 56.3 Å². The molecule has 0 amide bonds. The second-order valence-corrected chi connectivity index (χ2v) is 4.76. The van der Waals surface area contributed by atoms with Crippen molar-refractivity contribution in [1.29, 1.82) is 0 Å². The van der Waals surface area contributed by atoms with Gasteiger partial charge < -0.3 is 14.1 Å². The summed E-state index contributed by atoms with van der Waals surface area (Å²) in [5, 5.41) is 8.87. The molecule has 2 heterocycles. The lowest BCUT2D eigenvalue weighted by Gasteiger charge is -2.02. The highest BCUT2D eigenvalue weighted by Gasteiger charge is 2.14. The summed E-state index contributed by atoms with van der Waals surface area (Å²) in [7, 11) is 0. The van der Waals surface area contributed by atoms with E-state index in [1.54, 1.807) is 25.3 Å². The Morgan fingerprint density at radius 1 is 1.50 bits per heavy atom. The number of aromatic nitrogens is 1. The molecule has 18 heavy (non-hydrogen) atoms. The van der Waals surface area contributed by atoms with Gasteiger partial charge in [-0.05, 0) is 35.0 Å². The van der Waals surface area contributed by atoms with Crippen LogP contribution in [0.4, 0.5) is 0 Å². The molecular formula is C12H10BrNO4. The Hall–Kier alpha value is -1.82. The van der Waals surface area contributed by atoms with Gasteiger partial charge in [-0.15, -0.1) is 0 Å². The van der Waals surface area contributed by atoms with E-state index in [0.717, 1.165) is 4.47 Å². The monoisotopic (exact) mass is 311 g/mol. The predicted molar refractivity (Wildman–Crippen MR) is 67.9 cm³/mol. The van der Waals surface area contributed by atoms with Crippen LogP contribution in [-0.2, 0) is 6.54 Å². The van der Waals surface area contributed by atoms with E-state index in [1.165, 1.54) is 10.6 Å². The summed E-state index contributed by atoms with van der Waals surface area (Å²) in [6.07, 6.45) is 1.63. The molecule has 94 valence electrons. The number of hydrogen-bond donors (Lipinski definition) is 1. The molecule has 2 aromatic rings. The molecule has 5 nitrogen and oxygen atoms in total. The predicted octanol–water partition coefficient (Wildman–Crippen LogP) is 2.26. The number of halogens is 1. The fraction of sp³-hybridized carbons (Fsp3) is 0.167. The molecule has 0 atom stereocenters. The zero-order valence-electron chi connectivity index (χ0n) is 9.51. The van der Waals surface area contributed by atoms with Crippen molar-refractivity contribution < 1.29 is 14.3 Å². The van der Waals surface area contributed by atoms with Crippen LogP contribution in [0.25, 0.3) is 0 Å². The SMILES string of the molecule is Cc1cc(Cn2cc(Br)ccc2=O)oc1C(=O)O. The van der Waals surface area contributed by atoms with E-state index in [2.05, 4.69) is 15.9 Å². The van der Waals surface area contributed by atoms with Gasteiger partial charge in [-0.3, -0.25) is 4.79 Å². The van der Waals surface area contributed by atoms with Gasteiger partial charge in [0.05, 0.1) is 6.54 Å². The molecule has 2 rings (SSSR count). The van der Waals surface area contributed by atoms with Crippen molar-refractivity contribution in [3.8, 4) is 0 Å². The Bertz CT molecular complexity index is 656. The van der Waals surface area contributed by atoms with Crippen molar-refractivity contribution in [3.63, 3.8) is 0 Å². The lowest BCUT2D eigenvalue weighted by Crippen LogP contribution is -2.18. The summed E-state index contributed by atoms with van der Waals surface area (Å²) in [4.78, 5) is 22.4. The van der Waals surface area contributed by atoms with Crippen LogP contribution in [0.1, 0.15) is 21.9 Å². The molecule has 0 aliphatic rings. The quantitative estimate of drug-likeness (QED) is 0.943. The minimum absolute atomic E-state index is 0.0898. The molecule has 0 aromatic carbocycles. The Morgan fingerprint density at radius 2 is 2.22 bits per heavy atom. The summed E-state index contributed by atoms with van der Waals surface area (Å²) in [6.45, 7) is 1.85. The Labute approximate surface area is 111 Å². The zero-order chi connectivity index (χ0) is 13.3. The van der Waals surface area contributed by atoms with E-state index < -0.39 is 5.97 Å². The van der Waals surface area contributed by atoms with Gasteiger partial charge in [0.25, 0.3) is 5.56 Å². The van der Waals surface area contributed by atoms with Gasteiger partial charge in [-0.1, -0.05) is 0 Å². The maximum atomic E-state index is 11.6. The third-order valence-corrected chi connectivity index (χ3v) is 2.91. The number of pyridine rings is 1. The topological polar surface area (TPSA) is 72.4 Å². The first-order chi connectivity index (χ1) is 8.47. The molecule has 0 unspecified atom stereocenters. The second kappa shape index (κ2) is 4.81. The largest absolute Gasteiger partial charge is 0.475 e. The van der Waals surface area contributed by atoms with Crippen LogP contribution in [0.2, 0.25) is 0 Å². The first-order valence-corrected chi connectivity index (χ1v) is 5.95. The lowest BCUT2D eigenvalue weighted by molar-refractivity contribution is 0.0659. The first kappa shape index (κ1) is 12.6. The molecule has 6 heteroatoms. The molecule has 0 fully saturated rings. The summed E-state index contributed by atoms with van der Waals surface area (Å²) in [6, 6.07) is 4.70. The molecule has 0 aliphatic heterocycles. The number of aryl methyl sites for hydroxylation is 1. The maximum absolute atomic E-state index is 11.6. The average Bonchev–Trinajstić information content (AvgIpc) is 2.65. The minimum atomic E-state index is -1.11. The number of carboxylic acids is 1. The zero-order valence-corrected chi connectivity index (χ0v) is 11.1. The number of hydrogen-bond acceptors (Lipinski definition) is 3. The highest BCUT2D eigenvalue weighted by molar-refractivity contribution is 9.10. The number of aromatic carboxylic acids is 1. The fourth-order valence-corrected chi connectivity index (χ4v) is 2.01. The van der Waals surface area contributed by atoms with Crippen LogP contribution in [0.15, 0.2) is 38.1 Å². The maximum Gasteiger partial charge on any atom is 0.372 e. The van der Waals surface area contributed by atoms with Crippen molar-refractivity contribution in [1.82, 2.24) is 4.57 Å². The van der Waals surface area contributed by atoms with Crippen LogP contribution in [0, 0.1) is 6.92 Å². The van der Waals surface area contributed by atoms with Crippen molar-refractivity contribution in [2.24, 2.45) is 0 Å². The number of carboxylic acid groups (broad SMARTS) is 1. The van der Waals surface area contributed by atoms with Crippen LogP contribution >= 0.6 is 15.9 Å². The third-order valence-electron chi connectivity index (χ3n) is 2.44. The Balaban J connectivity index is 2.34. The number of furan rings is 1. The standard InChI is InChI=1S/C12H10BrNO4/c1-7-4-9(18-11(7)12(16)17)6-14-5-8(13)2-3-10(14)15/h2-5H,6H2,1H3,(H,16,17). The highest BCUT2D eigenvalue weighted by atomic mass is 79.9. The van der Waals surface area contributed by atoms with E-state index in [9.17, 15) is 9.59 Å².